The molecule has 12 heavy (non-hydrogen) atoms. The molecule has 1 saturated heterocycles. The SMILES string of the molecule is NC(CN1CCCCC1)C(=O)O. The van der Waals surface area contributed by atoms with Crippen molar-refractivity contribution >= 4 is 5.97 Å². The van der Waals surface area contributed by atoms with Crippen molar-refractivity contribution in [3.8, 4) is 0 Å². The Morgan fingerprint density at radius 1 is 1.42 bits per heavy atom. The molecule has 1 rings (SSSR count). The van der Waals surface area contributed by atoms with Gasteiger partial charge in [-0.2, -0.15) is 0 Å². The first kappa shape index (κ1) is 9.48. The summed E-state index contributed by atoms with van der Waals surface area (Å²) in [5, 5.41) is 8.56. The maximum Gasteiger partial charge on any atom is 0.321 e. The van der Waals surface area contributed by atoms with Gasteiger partial charge in [-0.3, -0.25) is 4.79 Å². The molecule has 0 amide bonds. The highest BCUT2D eigenvalue weighted by molar-refractivity contribution is 5.73. The van der Waals surface area contributed by atoms with Crippen molar-refractivity contribution in [1.82, 2.24) is 4.90 Å². The zero-order valence-electron chi connectivity index (χ0n) is 7.20. The monoisotopic (exact) mass is 172 g/mol. The minimum Gasteiger partial charge on any atom is -0.480 e. The molecule has 4 heteroatoms. The summed E-state index contributed by atoms with van der Waals surface area (Å²) in [5.41, 5.74) is 5.41. The van der Waals surface area contributed by atoms with Gasteiger partial charge in [-0.1, -0.05) is 6.42 Å². The van der Waals surface area contributed by atoms with Gasteiger partial charge in [0.05, 0.1) is 0 Å². The lowest BCUT2D eigenvalue weighted by Gasteiger charge is -2.27. The minimum atomic E-state index is -0.902. The molecule has 1 aliphatic heterocycles. The van der Waals surface area contributed by atoms with Gasteiger partial charge in [0.2, 0.25) is 0 Å². The first-order valence-corrected chi connectivity index (χ1v) is 4.41. The van der Waals surface area contributed by atoms with E-state index in [-0.39, 0.29) is 0 Å². The van der Waals surface area contributed by atoms with Crippen LogP contribution in [0.2, 0.25) is 0 Å². The molecule has 0 aromatic carbocycles. The molecule has 0 aromatic heterocycles. The van der Waals surface area contributed by atoms with Gasteiger partial charge in [0.15, 0.2) is 0 Å². The van der Waals surface area contributed by atoms with Crippen LogP contribution in [-0.2, 0) is 4.79 Å². The molecule has 1 fully saturated rings. The average Bonchev–Trinajstić information content (AvgIpc) is 2.06. The summed E-state index contributed by atoms with van der Waals surface area (Å²) in [6.45, 7) is 2.50. The van der Waals surface area contributed by atoms with Crippen LogP contribution in [0.25, 0.3) is 0 Å². The molecule has 4 nitrogen and oxygen atoms in total. The molecule has 0 aliphatic carbocycles. The van der Waals surface area contributed by atoms with E-state index < -0.39 is 12.0 Å². The second kappa shape index (κ2) is 4.42. The van der Waals surface area contributed by atoms with Crippen molar-refractivity contribution in [1.29, 1.82) is 0 Å². The molecule has 0 spiro atoms. The third-order valence-corrected chi connectivity index (χ3v) is 2.22. The molecule has 70 valence electrons. The maximum atomic E-state index is 10.4. The molecule has 1 aliphatic rings. The lowest BCUT2D eigenvalue weighted by atomic mass is 10.1. The molecule has 3 N–H and O–H groups in total. The van der Waals surface area contributed by atoms with Crippen molar-refractivity contribution in [2.24, 2.45) is 5.73 Å². The number of carboxylic acid groups (broad SMARTS) is 1. The van der Waals surface area contributed by atoms with E-state index in [1.54, 1.807) is 0 Å². The van der Waals surface area contributed by atoms with Crippen LogP contribution in [0, 0.1) is 0 Å². The lowest BCUT2D eigenvalue weighted by Crippen LogP contribution is -2.44. The van der Waals surface area contributed by atoms with Gasteiger partial charge >= 0.3 is 5.97 Å². The topological polar surface area (TPSA) is 66.6 Å². The number of nitrogens with two attached hydrogens (primary N) is 1. The van der Waals surface area contributed by atoms with Crippen molar-refractivity contribution in [3.63, 3.8) is 0 Å². The van der Waals surface area contributed by atoms with Crippen LogP contribution in [0.4, 0.5) is 0 Å². The van der Waals surface area contributed by atoms with Crippen molar-refractivity contribution < 1.29 is 9.90 Å². The smallest absolute Gasteiger partial charge is 0.321 e. The largest absolute Gasteiger partial charge is 0.480 e. The van der Waals surface area contributed by atoms with Gasteiger partial charge in [0.25, 0.3) is 0 Å². The van der Waals surface area contributed by atoms with Gasteiger partial charge in [-0.15, -0.1) is 0 Å². The third-order valence-electron chi connectivity index (χ3n) is 2.22. The highest BCUT2D eigenvalue weighted by Crippen LogP contribution is 2.08. The molecule has 1 atom stereocenters. The molecule has 1 heterocycles. The molecule has 0 radical (unpaired) electrons. The Balaban J connectivity index is 2.24. The van der Waals surface area contributed by atoms with Gasteiger partial charge < -0.3 is 15.7 Å². The van der Waals surface area contributed by atoms with Crippen molar-refractivity contribution in [2.75, 3.05) is 19.6 Å². The molecule has 0 saturated carbocycles. The second-order valence-corrected chi connectivity index (χ2v) is 3.31. The van der Waals surface area contributed by atoms with E-state index in [2.05, 4.69) is 4.90 Å². The van der Waals surface area contributed by atoms with E-state index in [9.17, 15) is 4.79 Å². The van der Waals surface area contributed by atoms with Gasteiger partial charge in [-0.05, 0) is 25.9 Å². The second-order valence-electron chi connectivity index (χ2n) is 3.31. The summed E-state index contributed by atoms with van der Waals surface area (Å²) in [7, 11) is 0. The van der Waals surface area contributed by atoms with Gasteiger partial charge in [0, 0.05) is 6.54 Å². The number of likely N-dealkylation sites (tertiary alicyclic amines) is 1. The Morgan fingerprint density at radius 3 is 2.50 bits per heavy atom. The highest BCUT2D eigenvalue weighted by Gasteiger charge is 2.17. The third kappa shape index (κ3) is 2.79. The summed E-state index contributed by atoms with van der Waals surface area (Å²) >= 11 is 0. The number of hydrogen-bond donors (Lipinski definition) is 2. The molecule has 0 bridgehead atoms. The van der Waals surface area contributed by atoms with Crippen LogP contribution in [0.3, 0.4) is 0 Å². The molecular formula is C8H16N2O2. The number of rotatable bonds is 3. The minimum absolute atomic E-state index is 0.495. The summed E-state index contributed by atoms with van der Waals surface area (Å²) in [6.07, 6.45) is 3.61. The molecular weight excluding hydrogens is 156 g/mol. The van der Waals surface area contributed by atoms with Crippen molar-refractivity contribution in [2.45, 2.75) is 25.3 Å². The summed E-state index contributed by atoms with van der Waals surface area (Å²) < 4.78 is 0. The summed E-state index contributed by atoms with van der Waals surface area (Å²) in [4.78, 5) is 12.5. The summed E-state index contributed by atoms with van der Waals surface area (Å²) in [5.74, 6) is -0.902. The number of hydrogen-bond acceptors (Lipinski definition) is 3. The van der Waals surface area contributed by atoms with Crippen LogP contribution in [-0.4, -0.2) is 41.7 Å². The number of aliphatic carboxylic acids is 1. The first-order chi connectivity index (χ1) is 5.70. The van der Waals surface area contributed by atoms with E-state index in [0.717, 1.165) is 13.1 Å². The normalized spacial score (nSPS) is 22.1. The Bertz CT molecular complexity index is 155. The standard InChI is InChI=1S/C8H16N2O2/c9-7(8(11)12)6-10-4-2-1-3-5-10/h7H,1-6,9H2,(H,11,12). The Hall–Kier alpha value is -0.610. The zero-order valence-corrected chi connectivity index (χ0v) is 7.20. The number of carboxylic acids is 1. The Labute approximate surface area is 72.3 Å². The van der Waals surface area contributed by atoms with E-state index in [1.165, 1.54) is 19.3 Å². The van der Waals surface area contributed by atoms with Crippen LogP contribution in [0.5, 0.6) is 0 Å². The van der Waals surface area contributed by atoms with Gasteiger partial charge in [0.1, 0.15) is 6.04 Å². The fourth-order valence-electron chi connectivity index (χ4n) is 1.50. The van der Waals surface area contributed by atoms with E-state index in [0.29, 0.717) is 6.54 Å². The van der Waals surface area contributed by atoms with E-state index in [1.807, 2.05) is 0 Å². The van der Waals surface area contributed by atoms with Crippen LogP contribution < -0.4 is 5.73 Å². The van der Waals surface area contributed by atoms with Crippen LogP contribution in [0.1, 0.15) is 19.3 Å². The fraction of sp³-hybridized carbons (Fsp3) is 0.875. The number of nitrogens with zero attached hydrogens (tertiary/aromatic N) is 1. The van der Waals surface area contributed by atoms with Crippen LogP contribution in [0.15, 0.2) is 0 Å². The van der Waals surface area contributed by atoms with Gasteiger partial charge in [-0.25, -0.2) is 0 Å². The predicted molar refractivity (Wildman–Crippen MR) is 45.9 cm³/mol. The van der Waals surface area contributed by atoms with Crippen LogP contribution >= 0.6 is 0 Å². The Morgan fingerprint density at radius 2 is 2.00 bits per heavy atom. The molecule has 1 unspecified atom stereocenters. The predicted octanol–water partition coefficient (Wildman–Crippen LogP) is -0.116. The lowest BCUT2D eigenvalue weighted by molar-refractivity contribution is -0.139. The average molecular weight is 172 g/mol. The maximum absolute atomic E-state index is 10.4. The number of carbonyl (C=O) groups is 1. The zero-order chi connectivity index (χ0) is 8.97. The Kier molecular flexibility index (Phi) is 3.49. The van der Waals surface area contributed by atoms with E-state index in [4.69, 9.17) is 10.8 Å². The highest BCUT2D eigenvalue weighted by atomic mass is 16.4. The van der Waals surface area contributed by atoms with Crippen molar-refractivity contribution in [3.05, 3.63) is 0 Å². The van der Waals surface area contributed by atoms with E-state index >= 15 is 0 Å². The quantitative estimate of drug-likeness (QED) is 0.623. The number of piperidine rings is 1. The molecule has 0 aromatic rings. The first-order valence-electron chi connectivity index (χ1n) is 4.41. The summed E-state index contributed by atoms with van der Waals surface area (Å²) in [6, 6.07) is -0.719. The fourth-order valence-corrected chi connectivity index (χ4v) is 1.50.